The van der Waals surface area contributed by atoms with Crippen molar-refractivity contribution in [2.75, 3.05) is 60.0 Å². The zero-order valence-corrected chi connectivity index (χ0v) is 16.2. The van der Waals surface area contributed by atoms with Gasteiger partial charge in [0.05, 0.1) is 14.2 Å². The average Bonchev–Trinajstić information content (AvgIpc) is 2.59. The molecule has 138 valence electrons. The van der Waals surface area contributed by atoms with Gasteiger partial charge in [-0.15, -0.1) is 24.8 Å². The van der Waals surface area contributed by atoms with E-state index in [2.05, 4.69) is 27.2 Å². The van der Waals surface area contributed by atoms with Gasteiger partial charge in [0.1, 0.15) is 0 Å². The van der Waals surface area contributed by atoms with Crippen LogP contribution in [0.15, 0.2) is 12.1 Å². The number of piperazine rings is 1. The predicted octanol–water partition coefficient (Wildman–Crippen LogP) is 1.81. The Balaban J connectivity index is 0.00000144. The van der Waals surface area contributed by atoms with Gasteiger partial charge in [-0.1, -0.05) is 0 Å². The fourth-order valence-electron chi connectivity index (χ4n) is 3.35. The van der Waals surface area contributed by atoms with Crippen LogP contribution in [0.4, 0.5) is 0 Å². The Morgan fingerprint density at radius 3 is 2.08 bits per heavy atom. The fraction of sp³-hybridized carbons (Fsp3) is 0.647. The van der Waals surface area contributed by atoms with E-state index in [0.29, 0.717) is 0 Å². The molecule has 1 N–H and O–H groups in total. The summed E-state index contributed by atoms with van der Waals surface area (Å²) >= 11 is 0. The van der Waals surface area contributed by atoms with E-state index < -0.39 is 0 Å². The molecular formula is C17H29Cl2N3O2. The lowest BCUT2D eigenvalue weighted by Crippen LogP contribution is -2.46. The van der Waals surface area contributed by atoms with Crippen LogP contribution in [0.5, 0.6) is 11.5 Å². The highest BCUT2D eigenvalue weighted by Gasteiger charge is 2.20. The first-order valence-corrected chi connectivity index (χ1v) is 8.19. The zero-order valence-electron chi connectivity index (χ0n) is 14.5. The Morgan fingerprint density at radius 1 is 0.875 bits per heavy atom. The van der Waals surface area contributed by atoms with Gasteiger partial charge in [-0.25, -0.2) is 0 Å². The first-order chi connectivity index (χ1) is 10.8. The van der Waals surface area contributed by atoms with E-state index >= 15 is 0 Å². The molecule has 5 nitrogen and oxygen atoms in total. The van der Waals surface area contributed by atoms with Crippen LogP contribution < -0.4 is 14.8 Å². The number of hydrogen-bond donors (Lipinski definition) is 1. The van der Waals surface area contributed by atoms with E-state index in [9.17, 15) is 0 Å². The second-order valence-corrected chi connectivity index (χ2v) is 6.09. The van der Waals surface area contributed by atoms with E-state index in [1.165, 1.54) is 30.8 Å². The highest BCUT2D eigenvalue weighted by atomic mass is 35.5. The van der Waals surface area contributed by atoms with Crippen LogP contribution in [-0.4, -0.2) is 69.8 Å². The maximum Gasteiger partial charge on any atom is 0.161 e. The summed E-state index contributed by atoms with van der Waals surface area (Å²) < 4.78 is 10.8. The van der Waals surface area contributed by atoms with Gasteiger partial charge < -0.3 is 14.8 Å². The molecule has 2 aliphatic rings. The Morgan fingerprint density at radius 2 is 1.46 bits per heavy atom. The van der Waals surface area contributed by atoms with Crippen molar-refractivity contribution < 1.29 is 9.47 Å². The number of fused-ring (bicyclic) bond motifs is 1. The van der Waals surface area contributed by atoms with Crippen molar-refractivity contribution in [2.24, 2.45) is 0 Å². The van der Waals surface area contributed by atoms with E-state index in [4.69, 9.17) is 9.47 Å². The van der Waals surface area contributed by atoms with Crippen LogP contribution >= 0.6 is 24.8 Å². The fourth-order valence-corrected chi connectivity index (χ4v) is 3.35. The lowest BCUT2D eigenvalue weighted by molar-refractivity contribution is 0.179. The number of nitrogens with zero attached hydrogens (tertiary/aromatic N) is 2. The molecule has 0 saturated carbocycles. The van der Waals surface area contributed by atoms with E-state index in [1.54, 1.807) is 14.2 Å². The van der Waals surface area contributed by atoms with Crippen molar-refractivity contribution in [1.82, 2.24) is 15.1 Å². The normalized spacial score (nSPS) is 18.1. The largest absolute Gasteiger partial charge is 0.493 e. The number of hydrogen-bond acceptors (Lipinski definition) is 5. The third-order valence-corrected chi connectivity index (χ3v) is 4.74. The summed E-state index contributed by atoms with van der Waals surface area (Å²) in [6.07, 6.45) is 1.09. The standard InChI is InChI=1S/C17H27N3O2.2ClH/c1-21-16-11-14-3-6-20(13-15(14)12-17(16)22-2)10-9-19-7-4-18-5-8-19;;/h11-12,18H,3-10,13H2,1-2H3;2*1H. The van der Waals surface area contributed by atoms with E-state index in [0.717, 1.165) is 50.6 Å². The van der Waals surface area contributed by atoms with Crippen molar-refractivity contribution in [3.8, 4) is 11.5 Å². The van der Waals surface area contributed by atoms with Crippen LogP contribution in [0, 0.1) is 0 Å². The molecule has 1 saturated heterocycles. The molecule has 1 fully saturated rings. The molecule has 0 amide bonds. The lowest BCUT2D eigenvalue weighted by Gasteiger charge is -2.33. The number of halogens is 2. The summed E-state index contributed by atoms with van der Waals surface area (Å²) in [6, 6.07) is 4.28. The smallest absolute Gasteiger partial charge is 0.161 e. The quantitative estimate of drug-likeness (QED) is 0.846. The topological polar surface area (TPSA) is 37.0 Å². The highest BCUT2D eigenvalue weighted by molar-refractivity contribution is 5.85. The molecule has 1 aromatic rings. The van der Waals surface area contributed by atoms with Gasteiger partial charge in [0, 0.05) is 52.4 Å². The van der Waals surface area contributed by atoms with E-state index in [1.807, 2.05) is 0 Å². The van der Waals surface area contributed by atoms with Crippen molar-refractivity contribution in [3.63, 3.8) is 0 Å². The van der Waals surface area contributed by atoms with Gasteiger partial charge in [-0.3, -0.25) is 9.80 Å². The van der Waals surface area contributed by atoms with Crippen LogP contribution in [0.3, 0.4) is 0 Å². The van der Waals surface area contributed by atoms with Crippen LogP contribution in [0.2, 0.25) is 0 Å². The summed E-state index contributed by atoms with van der Waals surface area (Å²) in [5, 5.41) is 3.41. The van der Waals surface area contributed by atoms with Gasteiger partial charge in [0.15, 0.2) is 11.5 Å². The maximum absolute atomic E-state index is 5.43. The van der Waals surface area contributed by atoms with Gasteiger partial charge in [0.2, 0.25) is 0 Å². The molecule has 0 aliphatic carbocycles. The molecule has 2 aliphatic heterocycles. The summed E-state index contributed by atoms with van der Waals surface area (Å²) in [6.45, 7) is 9.07. The molecule has 0 atom stereocenters. The van der Waals surface area contributed by atoms with Crippen molar-refractivity contribution in [3.05, 3.63) is 23.3 Å². The first-order valence-electron chi connectivity index (χ1n) is 8.19. The number of ether oxygens (including phenoxy) is 2. The minimum absolute atomic E-state index is 0. The molecule has 1 aromatic carbocycles. The molecule has 0 bridgehead atoms. The molecule has 0 unspecified atom stereocenters. The highest BCUT2D eigenvalue weighted by Crippen LogP contribution is 2.33. The molecule has 0 spiro atoms. The molecule has 0 aromatic heterocycles. The SMILES string of the molecule is COc1cc2c(cc1OC)CN(CCN1CCNCC1)CC2.Cl.Cl. The molecule has 2 heterocycles. The molecule has 3 rings (SSSR count). The lowest BCUT2D eigenvalue weighted by atomic mass is 9.99. The third kappa shape index (κ3) is 5.14. The van der Waals surface area contributed by atoms with E-state index in [-0.39, 0.29) is 24.8 Å². The number of benzene rings is 1. The van der Waals surface area contributed by atoms with Crippen molar-refractivity contribution in [2.45, 2.75) is 13.0 Å². The second kappa shape index (κ2) is 10.3. The van der Waals surface area contributed by atoms with Crippen LogP contribution in [0.25, 0.3) is 0 Å². The van der Waals surface area contributed by atoms with Gasteiger partial charge in [-0.2, -0.15) is 0 Å². The second-order valence-electron chi connectivity index (χ2n) is 6.09. The van der Waals surface area contributed by atoms with Crippen LogP contribution in [-0.2, 0) is 13.0 Å². The van der Waals surface area contributed by atoms with Gasteiger partial charge in [0.25, 0.3) is 0 Å². The monoisotopic (exact) mass is 377 g/mol. The number of nitrogens with one attached hydrogen (secondary N) is 1. The van der Waals surface area contributed by atoms with Crippen molar-refractivity contribution >= 4 is 24.8 Å². The van der Waals surface area contributed by atoms with Gasteiger partial charge >= 0.3 is 0 Å². The summed E-state index contributed by atoms with van der Waals surface area (Å²) in [5.41, 5.74) is 2.78. The van der Waals surface area contributed by atoms with Crippen LogP contribution in [0.1, 0.15) is 11.1 Å². The van der Waals surface area contributed by atoms with Crippen molar-refractivity contribution in [1.29, 1.82) is 0 Å². The third-order valence-electron chi connectivity index (χ3n) is 4.74. The zero-order chi connectivity index (χ0) is 15.4. The Hall–Kier alpha value is -0.720. The minimum Gasteiger partial charge on any atom is -0.493 e. The van der Waals surface area contributed by atoms with Gasteiger partial charge in [-0.05, 0) is 29.7 Å². The molecule has 7 heteroatoms. The summed E-state index contributed by atoms with van der Waals surface area (Å²) in [7, 11) is 3.40. The first kappa shape index (κ1) is 21.3. The predicted molar refractivity (Wildman–Crippen MR) is 102 cm³/mol. The maximum atomic E-state index is 5.43. The Labute approximate surface area is 157 Å². The number of rotatable bonds is 5. The summed E-state index contributed by atoms with van der Waals surface area (Å²) in [4.78, 5) is 5.11. The molecule has 0 radical (unpaired) electrons. The average molecular weight is 378 g/mol. The Kier molecular flexibility index (Phi) is 9.16. The Bertz CT molecular complexity index is 511. The summed E-state index contributed by atoms with van der Waals surface area (Å²) in [5.74, 6) is 1.68. The minimum atomic E-state index is 0. The molecule has 24 heavy (non-hydrogen) atoms. The number of methoxy groups -OCH3 is 2. The molecular weight excluding hydrogens is 349 g/mol.